The zero-order chi connectivity index (χ0) is 19.4. The molecule has 0 aromatic heterocycles. The molecule has 0 fully saturated rings. The van der Waals surface area contributed by atoms with Crippen molar-refractivity contribution >= 4 is 72.4 Å². The quantitative estimate of drug-likeness (QED) is 0.328. The molecule has 0 radical (unpaired) electrons. The summed E-state index contributed by atoms with van der Waals surface area (Å²) in [5.74, 6) is -1.86. The summed E-state index contributed by atoms with van der Waals surface area (Å²) in [6, 6.07) is 8.11. The summed E-state index contributed by atoms with van der Waals surface area (Å²) >= 11 is 11.5. The molecule has 134 valence electrons. The maximum atomic E-state index is 12.2. The maximum absolute atomic E-state index is 12.2. The third kappa shape index (κ3) is 4.84. The summed E-state index contributed by atoms with van der Waals surface area (Å²) < 4.78 is 0.954. The Morgan fingerprint density at radius 1 is 1.19 bits per heavy atom. The lowest BCUT2D eigenvalue weighted by Crippen LogP contribution is -2.34. The van der Waals surface area contributed by atoms with E-state index in [0.717, 1.165) is 6.07 Å². The number of nitro groups is 1. The van der Waals surface area contributed by atoms with Crippen LogP contribution in [0.1, 0.15) is 20.7 Å². The van der Waals surface area contributed by atoms with Crippen LogP contribution in [0.25, 0.3) is 0 Å². The first kappa shape index (κ1) is 19.9. The van der Waals surface area contributed by atoms with Gasteiger partial charge in [-0.3, -0.25) is 20.2 Å². The lowest BCUT2D eigenvalue weighted by molar-refractivity contribution is -0.384. The average molecular weight is 503 g/mol. The Morgan fingerprint density at radius 2 is 1.88 bits per heavy atom. The van der Waals surface area contributed by atoms with E-state index in [1.165, 1.54) is 24.3 Å². The molecule has 3 N–H and O–H groups in total. The second-order valence-corrected chi connectivity index (χ2v) is 7.01. The van der Waals surface area contributed by atoms with Gasteiger partial charge in [-0.1, -0.05) is 22.0 Å². The van der Waals surface area contributed by atoms with Crippen LogP contribution in [-0.2, 0) is 0 Å². The van der Waals surface area contributed by atoms with Crippen molar-refractivity contribution < 1.29 is 19.6 Å². The Kier molecular flexibility index (Phi) is 6.40. The first-order valence-electron chi connectivity index (χ1n) is 6.78. The fraction of sp³-hybridized carbons (Fsp3) is 0. The van der Waals surface area contributed by atoms with Crippen molar-refractivity contribution in [2.24, 2.45) is 0 Å². The molecule has 0 spiro atoms. The van der Waals surface area contributed by atoms with Gasteiger partial charge in [-0.2, -0.15) is 0 Å². The molecule has 0 saturated carbocycles. The first-order chi connectivity index (χ1) is 12.2. The van der Waals surface area contributed by atoms with Gasteiger partial charge in [0.2, 0.25) is 0 Å². The van der Waals surface area contributed by atoms with Crippen molar-refractivity contribution in [1.29, 1.82) is 0 Å². The number of nitrogens with one attached hydrogen (secondary N) is 2. The molecule has 0 aliphatic heterocycles. The van der Waals surface area contributed by atoms with Crippen molar-refractivity contribution in [2.75, 3.05) is 5.32 Å². The van der Waals surface area contributed by atoms with Crippen LogP contribution in [0.3, 0.4) is 0 Å². The fourth-order valence-electron chi connectivity index (χ4n) is 1.95. The highest BCUT2D eigenvalue weighted by atomic mass is 79.9. The number of aromatic carboxylic acids is 1. The molecule has 2 aromatic carbocycles. The molecule has 0 saturated heterocycles. The summed E-state index contributed by atoms with van der Waals surface area (Å²) in [6.07, 6.45) is 0. The van der Waals surface area contributed by atoms with Gasteiger partial charge >= 0.3 is 5.97 Å². The molecule has 11 heteroatoms. The molecule has 1 amide bonds. The van der Waals surface area contributed by atoms with Crippen LogP contribution in [0.5, 0.6) is 0 Å². The average Bonchev–Trinajstić information content (AvgIpc) is 2.56. The number of carbonyl (C=O) groups is 2. The number of benzene rings is 2. The van der Waals surface area contributed by atoms with Crippen LogP contribution in [0.2, 0.25) is 0 Å². The molecule has 0 aliphatic carbocycles. The van der Waals surface area contributed by atoms with Gasteiger partial charge in [-0.15, -0.1) is 0 Å². The Morgan fingerprint density at radius 3 is 2.50 bits per heavy atom. The Balaban J connectivity index is 2.19. The van der Waals surface area contributed by atoms with E-state index in [0.29, 0.717) is 8.95 Å². The maximum Gasteiger partial charge on any atom is 0.337 e. The minimum atomic E-state index is -1.19. The number of nitrogens with zero attached hydrogens (tertiary/aromatic N) is 1. The summed E-state index contributed by atoms with van der Waals surface area (Å²) in [5.41, 5.74) is -0.111. The van der Waals surface area contributed by atoms with Gasteiger partial charge in [-0.05, 0) is 46.3 Å². The van der Waals surface area contributed by atoms with Crippen LogP contribution in [0.4, 0.5) is 11.4 Å². The van der Waals surface area contributed by atoms with Crippen molar-refractivity contribution in [3.05, 3.63) is 66.6 Å². The minimum Gasteiger partial charge on any atom is -0.478 e. The summed E-state index contributed by atoms with van der Waals surface area (Å²) in [7, 11) is 0. The zero-order valence-electron chi connectivity index (χ0n) is 12.7. The van der Waals surface area contributed by atoms with Gasteiger partial charge in [0.25, 0.3) is 11.6 Å². The van der Waals surface area contributed by atoms with Crippen LogP contribution < -0.4 is 10.6 Å². The smallest absolute Gasteiger partial charge is 0.337 e. The van der Waals surface area contributed by atoms with Gasteiger partial charge in [-0.25, -0.2) is 4.79 Å². The Labute approximate surface area is 169 Å². The van der Waals surface area contributed by atoms with Gasteiger partial charge < -0.3 is 10.4 Å². The SMILES string of the molecule is O=C(NC(=S)Nc1c(Br)cc(Br)cc1C(=O)O)c1cccc([N+](=O)[O-])c1. The number of amides is 1. The van der Waals surface area contributed by atoms with Gasteiger partial charge in [0.1, 0.15) is 0 Å². The normalized spacial score (nSPS) is 10.1. The third-order valence-electron chi connectivity index (χ3n) is 3.07. The third-order valence-corrected chi connectivity index (χ3v) is 4.36. The van der Waals surface area contributed by atoms with Crippen molar-refractivity contribution in [3.8, 4) is 0 Å². The highest BCUT2D eigenvalue weighted by Crippen LogP contribution is 2.30. The van der Waals surface area contributed by atoms with E-state index in [1.54, 1.807) is 6.07 Å². The highest BCUT2D eigenvalue weighted by molar-refractivity contribution is 9.11. The van der Waals surface area contributed by atoms with Crippen molar-refractivity contribution in [2.45, 2.75) is 0 Å². The molecule has 0 atom stereocenters. The molecule has 0 aliphatic rings. The predicted molar refractivity (Wildman–Crippen MR) is 106 cm³/mol. The molecular formula is C15H9Br2N3O5S. The van der Waals surface area contributed by atoms with E-state index in [2.05, 4.69) is 42.5 Å². The highest BCUT2D eigenvalue weighted by Gasteiger charge is 2.17. The predicted octanol–water partition coefficient (Wildman–Crippen LogP) is 3.94. The minimum absolute atomic E-state index is 0.0386. The van der Waals surface area contributed by atoms with E-state index in [1.807, 2.05) is 0 Å². The molecule has 26 heavy (non-hydrogen) atoms. The van der Waals surface area contributed by atoms with E-state index in [9.17, 15) is 24.8 Å². The number of rotatable bonds is 4. The number of non-ortho nitro benzene ring substituents is 1. The largest absolute Gasteiger partial charge is 0.478 e. The monoisotopic (exact) mass is 501 g/mol. The van der Waals surface area contributed by atoms with Crippen molar-refractivity contribution in [1.82, 2.24) is 5.32 Å². The summed E-state index contributed by atoms with van der Waals surface area (Å²) in [6.45, 7) is 0. The van der Waals surface area contributed by atoms with Crippen LogP contribution in [-0.4, -0.2) is 27.0 Å². The van der Waals surface area contributed by atoms with E-state index in [4.69, 9.17) is 12.2 Å². The van der Waals surface area contributed by atoms with Gasteiger partial charge in [0, 0.05) is 26.6 Å². The molecule has 8 nitrogen and oxygen atoms in total. The van der Waals surface area contributed by atoms with Gasteiger partial charge in [0.05, 0.1) is 16.2 Å². The van der Waals surface area contributed by atoms with E-state index >= 15 is 0 Å². The Hall–Kier alpha value is -2.37. The van der Waals surface area contributed by atoms with Gasteiger partial charge in [0.15, 0.2) is 5.11 Å². The lowest BCUT2D eigenvalue weighted by Gasteiger charge is -2.14. The molecule has 2 aromatic rings. The molecule has 0 unspecified atom stereocenters. The molecule has 2 rings (SSSR count). The standard InChI is InChI=1S/C15H9Br2N3O5S/c16-8-5-10(14(22)23)12(11(17)6-8)18-15(26)19-13(21)7-2-1-3-9(4-7)20(24)25/h1-6H,(H,22,23)(H2,18,19,21,26). The van der Waals surface area contributed by atoms with Crippen LogP contribution in [0.15, 0.2) is 45.3 Å². The molecule has 0 heterocycles. The van der Waals surface area contributed by atoms with E-state index < -0.39 is 16.8 Å². The second-order valence-electron chi connectivity index (χ2n) is 4.83. The summed E-state index contributed by atoms with van der Waals surface area (Å²) in [5, 5.41) is 24.9. The number of carboxylic acid groups (broad SMARTS) is 1. The molecular weight excluding hydrogens is 494 g/mol. The number of anilines is 1. The topological polar surface area (TPSA) is 122 Å². The fourth-order valence-corrected chi connectivity index (χ4v) is 3.47. The van der Waals surface area contributed by atoms with Crippen molar-refractivity contribution in [3.63, 3.8) is 0 Å². The number of carbonyl (C=O) groups excluding carboxylic acids is 1. The Bertz CT molecular complexity index is 935. The zero-order valence-corrected chi connectivity index (χ0v) is 16.6. The number of hydrogen-bond donors (Lipinski definition) is 3. The molecule has 0 bridgehead atoms. The number of carboxylic acids is 1. The number of halogens is 2. The number of hydrogen-bond acceptors (Lipinski definition) is 5. The number of nitro benzene ring substituents is 1. The first-order valence-corrected chi connectivity index (χ1v) is 8.77. The second kappa shape index (κ2) is 8.34. The van der Waals surface area contributed by atoms with E-state index in [-0.39, 0.29) is 27.6 Å². The van der Waals surface area contributed by atoms with Crippen LogP contribution in [0, 0.1) is 10.1 Å². The number of thiocarbonyl (C=S) groups is 1. The summed E-state index contributed by atoms with van der Waals surface area (Å²) in [4.78, 5) is 33.7. The van der Waals surface area contributed by atoms with Crippen LogP contribution >= 0.6 is 44.1 Å². The lowest BCUT2D eigenvalue weighted by atomic mass is 10.2.